The number of nitrogens with one attached hydrogen (secondary N) is 1. The van der Waals surface area contributed by atoms with Crippen LogP contribution in [0.3, 0.4) is 0 Å². The van der Waals surface area contributed by atoms with Crippen LogP contribution >= 0.6 is 0 Å². The van der Waals surface area contributed by atoms with Gasteiger partial charge in [-0.15, -0.1) is 0 Å². The van der Waals surface area contributed by atoms with Crippen molar-refractivity contribution in [2.24, 2.45) is 0 Å². The van der Waals surface area contributed by atoms with Gasteiger partial charge in [0.1, 0.15) is 12.4 Å². The van der Waals surface area contributed by atoms with Gasteiger partial charge in [-0.05, 0) is 31.5 Å². The maximum atomic E-state index is 14.3. The molecule has 0 aliphatic carbocycles. The molecule has 2 atom stereocenters. The molecule has 0 aromatic heterocycles. The van der Waals surface area contributed by atoms with E-state index >= 15 is 0 Å². The molecule has 1 heterocycles. The second-order valence-corrected chi connectivity index (χ2v) is 5.66. The molecular formula is C16H23FN2O3. The van der Waals surface area contributed by atoms with Crippen molar-refractivity contribution in [2.75, 3.05) is 31.7 Å². The number of hydrogen-bond donors (Lipinski definition) is 1. The zero-order valence-corrected chi connectivity index (χ0v) is 13.3. The van der Waals surface area contributed by atoms with E-state index in [1.165, 1.54) is 13.2 Å². The van der Waals surface area contributed by atoms with Gasteiger partial charge in [-0.25, -0.2) is 4.39 Å². The molecule has 1 aliphatic rings. The summed E-state index contributed by atoms with van der Waals surface area (Å²) >= 11 is 0. The largest absolute Gasteiger partial charge is 0.375 e. The van der Waals surface area contributed by atoms with Gasteiger partial charge in [-0.1, -0.05) is 6.07 Å². The second kappa shape index (κ2) is 7.56. The number of carbonyl (C=O) groups excluding carboxylic acids is 1. The number of hydrogen-bond acceptors (Lipinski definition) is 4. The molecule has 1 fully saturated rings. The first kappa shape index (κ1) is 16.7. The van der Waals surface area contributed by atoms with E-state index in [0.29, 0.717) is 18.8 Å². The first-order chi connectivity index (χ1) is 10.5. The van der Waals surface area contributed by atoms with Crippen LogP contribution < -0.4 is 10.2 Å². The van der Waals surface area contributed by atoms with Crippen molar-refractivity contribution in [3.05, 3.63) is 29.6 Å². The number of morpholine rings is 1. The third-order valence-electron chi connectivity index (χ3n) is 3.54. The van der Waals surface area contributed by atoms with Crippen molar-refractivity contribution < 1.29 is 18.7 Å². The lowest BCUT2D eigenvalue weighted by Crippen LogP contribution is -2.45. The number of amides is 1. The van der Waals surface area contributed by atoms with Crippen LogP contribution in [0.1, 0.15) is 19.4 Å². The number of carbonyl (C=O) groups is 1. The lowest BCUT2D eigenvalue weighted by molar-refractivity contribution is -0.124. The summed E-state index contributed by atoms with van der Waals surface area (Å²) in [6, 6.07) is 5.06. The van der Waals surface area contributed by atoms with Crippen molar-refractivity contribution in [3.8, 4) is 0 Å². The highest BCUT2D eigenvalue weighted by Gasteiger charge is 2.24. The summed E-state index contributed by atoms with van der Waals surface area (Å²) < 4.78 is 24.7. The van der Waals surface area contributed by atoms with Crippen molar-refractivity contribution in [1.82, 2.24) is 5.32 Å². The third-order valence-corrected chi connectivity index (χ3v) is 3.54. The first-order valence-corrected chi connectivity index (χ1v) is 7.44. The Morgan fingerprint density at radius 1 is 1.41 bits per heavy atom. The Hall–Kier alpha value is -1.66. The molecule has 1 aromatic carbocycles. The SMILES string of the molecule is COCC(=O)NCc1ccc(N2C[C@@H](C)O[C@H](C)C2)c(F)c1. The minimum absolute atomic E-state index is 0.00409. The number of ether oxygens (including phenoxy) is 2. The summed E-state index contributed by atoms with van der Waals surface area (Å²) in [6.07, 6.45) is 0.160. The monoisotopic (exact) mass is 310 g/mol. The number of rotatable bonds is 5. The Morgan fingerprint density at radius 2 is 2.09 bits per heavy atom. The molecule has 0 radical (unpaired) electrons. The van der Waals surface area contributed by atoms with Crippen LogP contribution in [0.5, 0.6) is 0 Å². The van der Waals surface area contributed by atoms with Gasteiger partial charge in [0.15, 0.2) is 0 Å². The van der Waals surface area contributed by atoms with Crippen LogP contribution in [-0.4, -0.2) is 44.9 Å². The topological polar surface area (TPSA) is 50.8 Å². The van der Waals surface area contributed by atoms with Gasteiger partial charge in [-0.2, -0.15) is 0 Å². The fraction of sp³-hybridized carbons (Fsp3) is 0.562. The van der Waals surface area contributed by atoms with E-state index in [1.54, 1.807) is 6.07 Å². The highest BCUT2D eigenvalue weighted by Crippen LogP contribution is 2.24. The van der Waals surface area contributed by atoms with Crippen LogP contribution in [0, 0.1) is 5.82 Å². The molecule has 1 aliphatic heterocycles. The molecule has 1 aromatic rings. The summed E-state index contributed by atoms with van der Waals surface area (Å²) in [5.74, 6) is -0.498. The average Bonchev–Trinajstić information content (AvgIpc) is 2.44. The lowest BCUT2D eigenvalue weighted by Gasteiger charge is -2.37. The summed E-state index contributed by atoms with van der Waals surface area (Å²) in [5.41, 5.74) is 1.30. The predicted molar refractivity (Wildman–Crippen MR) is 82.3 cm³/mol. The normalized spacial score (nSPS) is 21.7. The van der Waals surface area contributed by atoms with Crippen molar-refractivity contribution >= 4 is 11.6 Å². The summed E-state index contributed by atoms with van der Waals surface area (Å²) in [6.45, 7) is 5.61. The van der Waals surface area contributed by atoms with Gasteiger partial charge in [0, 0.05) is 26.7 Å². The maximum absolute atomic E-state index is 14.3. The van der Waals surface area contributed by atoms with E-state index in [1.807, 2.05) is 24.8 Å². The highest BCUT2D eigenvalue weighted by atomic mass is 19.1. The molecule has 5 nitrogen and oxygen atoms in total. The molecule has 2 rings (SSSR count). The van der Waals surface area contributed by atoms with Gasteiger partial charge < -0.3 is 19.7 Å². The fourth-order valence-corrected chi connectivity index (χ4v) is 2.67. The molecule has 0 spiro atoms. The van der Waals surface area contributed by atoms with Crippen LogP contribution in [0.15, 0.2) is 18.2 Å². The summed E-state index contributed by atoms with van der Waals surface area (Å²) in [5, 5.41) is 2.68. The smallest absolute Gasteiger partial charge is 0.246 e. The molecule has 0 bridgehead atoms. The Kier molecular flexibility index (Phi) is 5.74. The molecule has 6 heteroatoms. The summed E-state index contributed by atoms with van der Waals surface area (Å²) in [4.78, 5) is 13.3. The van der Waals surface area contributed by atoms with Gasteiger partial charge in [0.2, 0.25) is 5.91 Å². The first-order valence-electron chi connectivity index (χ1n) is 7.44. The molecule has 0 saturated carbocycles. The van der Waals surface area contributed by atoms with E-state index in [0.717, 1.165) is 5.56 Å². The van der Waals surface area contributed by atoms with Crippen LogP contribution in [-0.2, 0) is 20.8 Å². The zero-order valence-electron chi connectivity index (χ0n) is 13.3. The Balaban J connectivity index is 2.01. The van der Waals surface area contributed by atoms with Crippen molar-refractivity contribution in [2.45, 2.75) is 32.6 Å². The van der Waals surface area contributed by atoms with Crippen LogP contribution in [0.4, 0.5) is 10.1 Å². The standard InChI is InChI=1S/C16H23FN2O3/c1-11-8-19(9-12(2)22-11)15-5-4-13(6-14(15)17)7-18-16(20)10-21-3/h4-6,11-12H,7-10H2,1-3H3,(H,18,20)/t11-,12-/m1/s1. The molecule has 1 saturated heterocycles. The van der Waals surface area contributed by atoms with E-state index < -0.39 is 0 Å². The Bertz CT molecular complexity index is 514. The molecular weight excluding hydrogens is 287 g/mol. The van der Waals surface area contributed by atoms with Crippen LogP contribution in [0.2, 0.25) is 0 Å². The van der Waals surface area contributed by atoms with Crippen molar-refractivity contribution in [1.29, 1.82) is 0 Å². The predicted octanol–water partition coefficient (Wildman–Crippen LogP) is 1.70. The Morgan fingerprint density at radius 3 is 2.68 bits per heavy atom. The number of halogens is 1. The highest BCUT2D eigenvalue weighted by molar-refractivity contribution is 5.77. The maximum Gasteiger partial charge on any atom is 0.246 e. The lowest BCUT2D eigenvalue weighted by atomic mass is 10.1. The van der Waals surface area contributed by atoms with Gasteiger partial charge in [0.25, 0.3) is 0 Å². The zero-order chi connectivity index (χ0) is 16.1. The van der Waals surface area contributed by atoms with Gasteiger partial charge >= 0.3 is 0 Å². The number of nitrogens with zero attached hydrogens (tertiary/aromatic N) is 1. The molecule has 1 N–H and O–H groups in total. The third kappa shape index (κ3) is 4.42. The number of benzene rings is 1. The minimum atomic E-state index is -0.278. The van der Waals surface area contributed by atoms with Crippen molar-refractivity contribution in [3.63, 3.8) is 0 Å². The quantitative estimate of drug-likeness (QED) is 0.899. The number of anilines is 1. The van der Waals surface area contributed by atoms with Gasteiger partial charge in [-0.3, -0.25) is 4.79 Å². The summed E-state index contributed by atoms with van der Waals surface area (Å²) in [7, 11) is 1.46. The second-order valence-electron chi connectivity index (χ2n) is 5.66. The fourth-order valence-electron chi connectivity index (χ4n) is 2.67. The molecule has 22 heavy (non-hydrogen) atoms. The van der Waals surface area contributed by atoms with Crippen LogP contribution in [0.25, 0.3) is 0 Å². The molecule has 0 unspecified atom stereocenters. The average molecular weight is 310 g/mol. The van der Waals surface area contributed by atoms with E-state index in [9.17, 15) is 9.18 Å². The number of methoxy groups -OCH3 is 1. The van der Waals surface area contributed by atoms with E-state index in [4.69, 9.17) is 9.47 Å². The molecule has 1 amide bonds. The Labute approximate surface area is 130 Å². The molecule has 122 valence electrons. The van der Waals surface area contributed by atoms with E-state index in [2.05, 4.69) is 5.32 Å². The minimum Gasteiger partial charge on any atom is -0.375 e. The van der Waals surface area contributed by atoms with Gasteiger partial charge in [0.05, 0.1) is 17.9 Å². The van der Waals surface area contributed by atoms with E-state index in [-0.39, 0.29) is 37.1 Å².